The summed E-state index contributed by atoms with van der Waals surface area (Å²) >= 11 is 3.25. The second-order valence-electron chi connectivity index (χ2n) is 3.71. The van der Waals surface area contributed by atoms with Crippen molar-refractivity contribution in [2.24, 2.45) is 7.05 Å². The van der Waals surface area contributed by atoms with Crippen LogP contribution in [-0.2, 0) is 13.6 Å². The van der Waals surface area contributed by atoms with Crippen LogP contribution in [0.1, 0.15) is 15.9 Å². The highest BCUT2D eigenvalue weighted by Gasteiger charge is 2.09. The molecular formula is C12H12BrN3O. The van der Waals surface area contributed by atoms with Crippen molar-refractivity contribution in [2.75, 3.05) is 0 Å². The number of aryl methyl sites for hydroxylation is 1. The van der Waals surface area contributed by atoms with E-state index in [4.69, 9.17) is 0 Å². The Morgan fingerprint density at radius 1 is 1.53 bits per heavy atom. The molecule has 2 aromatic heterocycles. The summed E-state index contributed by atoms with van der Waals surface area (Å²) in [6, 6.07) is 5.44. The molecule has 0 bridgehead atoms. The summed E-state index contributed by atoms with van der Waals surface area (Å²) in [6.45, 7) is 0.515. The average Bonchev–Trinajstić information content (AvgIpc) is 2.73. The van der Waals surface area contributed by atoms with Crippen molar-refractivity contribution >= 4 is 21.8 Å². The Kier molecular flexibility index (Phi) is 3.58. The van der Waals surface area contributed by atoms with Crippen molar-refractivity contribution in [3.63, 3.8) is 0 Å². The lowest BCUT2D eigenvalue weighted by molar-refractivity contribution is 0.0949. The molecule has 2 rings (SSSR count). The van der Waals surface area contributed by atoms with E-state index < -0.39 is 0 Å². The van der Waals surface area contributed by atoms with Crippen molar-refractivity contribution in [3.05, 3.63) is 52.5 Å². The summed E-state index contributed by atoms with van der Waals surface area (Å²) in [4.78, 5) is 15.9. The molecule has 88 valence electrons. The molecule has 0 atom stereocenters. The minimum absolute atomic E-state index is 0.131. The lowest BCUT2D eigenvalue weighted by Crippen LogP contribution is -2.23. The zero-order valence-corrected chi connectivity index (χ0v) is 10.9. The lowest BCUT2D eigenvalue weighted by Gasteiger charge is -2.04. The van der Waals surface area contributed by atoms with Crippen molar-refractivity contribution in [2.45, 2.75) is 6.54 Å². The normalized spacial score (nSPS) is 10.2. The zero-order chi connectivity index (χ0) is 12.3. The quantitative estimate of drug-likeness (QED) is 0.881. The van der Waals surface area contributed by atoms with E-state index in [0.717, 1.165) is 5.56 Å². The van der Waals surface area contributed by atoms with Crippen LogP contribution in [0.4, 0.5) is 0 Å². The maximum atomic E-state index is 11.9. The van der Waals surface area contributed by atoms with Gasteiger partial charge in [-0.15, -0.1) is 0 Å². The first-order chi connectivity index (χ1) is 8.16. The maximum Gasteiger partial charge on any atom is 0.254 e. The van der Waals surface area contributed by atoms with Gasteiger partial charge in [0.15, 0.2) is 0 Å². The van der Waals surface area contributed by atoms with Crippen LogP contribution in [0.15, 0.2) is 41.4 Å². The number of halogens is 1. The molecule has 0 unspecified atom stereocenters. The molecule has 17 heavy (non-hydrogen) atoms. The van der Waals surface area contributed by atoms with Crippen LogP contribution in [0, 0.1) is 0 Å². The number of pyridine rings is 1. The minimum atomic E-state index is -0.131. The van der Waals surface area contributed by atoms with Gasteiger partial charge in [-0.3, -0.25) is 4.79 Å². The highest BCUT2D eigenvalue weighted by atomic mass is 79.9. The highest BCUT2D eigenvalue weighted by Crippen LogP contribution is 2.12. The number of hydrogen-bond acceptors (Lipinski definition) is 2. The SMILES string of the molecule is Cn1ccc(CNC(=O)c2cccnc2Br)c1. The number of nitrogens with one attached hydrogen (secondary N) is 1. The van der Waals surface area contributed by atoms with E-state index in [2.05, 4.69) is 26.2 Å². The Labute approximate surface area is 108 Å². The van der Waals surface area contributed by atoms with Gasteiger partial charge in [0.25, 0.3) is 5.91 Å². The Balaban J connectivity index is 2.01. The van der Waals surface area contributed by atoms with Gasteiger partial charge in [-0.25, -0.2) is 4.98 Å². The van der Waals surface area contributed by atoms with Crippen LogP contribution >= 0.6 is 15.9 Å². The third-order valence-corrected chi connectivity index (χ3v) is 2.98. The molecule has 0 aliphatic carbocycles. The molecule has 0 spiro atoms. The predicted molar refractivity (Wildman–Crippen MR) is 68.5 cm³/mol. The van der Waals surface area contributed by atoms with Crippen LogP contribution < -0.4 is 5.32 Å². The number of carbonyl (C=O) groups excluding carboxylic acids is 1. The first kappa shape index (κ1) is 11.9. The number of aromatic nitrogens is 2. The molecule has 0 aromatic carbocycles. The monoisotopic (exact) mass is 293 g/mol. The Hall–Kier alpha value is -1.62. The van der Waals surface area contributed by atoms with Crippen LogP contribution in [0.2, 0.25) is 0 Å². The first-order valence-corrected chi connectivity index (χ1v) is 5.95. The first-order valence-electron chi connectivity index (χ1n) is 5.16. The van der Waals surface area contributed by atoms with Crippen molar-refractivity contribution in [1.82, 2.24) is 14.9 Å². The predicted octanol–water partition coefficient (Wildman–Crippen LogP) is 2.11. The van der Waals surface area contributed by atoms with Crippen molar-refractivity contribution < 1.29 is 4.79 Å². The summed E-state index contributed by atoms with van der Waals surface area (Å²) in [5, 5.41) is 2.85. The third kappa shape index (κ3) is 2.94. The summed E-state index contributed by atoms with van der Waals surface area (Å²) in [5.41, 5.74) is 1.62. The van der Waals surface area contributed by atoms with Crippen molar-refractivity contribution in [3.8, 4) is 0 Å². The van der Waals surface area contributed by atoms with E-state index in [-0.39, 0.29) is 5.91 Å². The van der Waals surface area contributed by atoms with Gasteiger partial charge in [-0.1, -0.05) is 0 Å². The van der Waals surface area contributed by atoms with E-state index in [1.54, 1.807) is 18.3 Å². The van der Waals surface area contributed by atoms with Crippen LogP contribution in [0.5, 0.6) is 0 Å². The molecule has 2 aromatic rings. The van der Waals surface area contributed by atoms with Gasteiger partial charge >= 0.3 is 0 Å². The van der Waals surface area contributed by atoms with E-state index in [0.29, 0.717) is 16.7 Å². The van der Waals surface area contributed by atoms with E-state index >= 15 is 0 Å². The molecule has 1 amide bonds. The van der Waals surface area contributed by atoms with Crippen LogP contribution in [0.3, 0.4) is 0 Å². The smallest absolute Gasteiger partial charge is 0.254 e. The molecule has 0 fully saturated rings. The highest BCUT2D eigenvalue weighted by molar-refractivity contribution is 9.10. The van der Waals surface area contributed by atoms with Gasteiger partial charge in [0, 0.05) is 32.2 Å². The Morgan fingerprint density at radius 3 is 3.00 bits per heavy atom. The largest absolute Gasteiger partial charge is 0.357 e. The molecule has 4 nitrogen and oxygen atoms in total. The van der Waals surface area contributed by atoms with Crippen LogP contribution in [-0.4, -0.2) is 15.5 Å². The maximum absolute atomic E-state index is 11.9. The Morgan fingerprint density at radius 2 is 2.35 bits per heavy atom. The van der Waals surface area contributed by atoms with E-state index in [1.807, 2.05) is 30.1 Å². The molecule has 5 heteroatoms. The van der Waals surface area contributed by atoms with Gasteiger partial charge in [0.2, 0.25) is 0 Å². The molecule has 0 aliphatic rings. The minimum Gasteiger partial charge on any atom is -0.357 e. The summed E-state index contributed by atoms with van der Waals surface area (Å²) in [7, 11) is 1.95. The van der Waals surface area contributed by atoms with Crippen LogP contribution in [0.25, 0.3) is 0 Å². The second kappa shape index (κ2) is 5.14. The standard InChI is InChI=1S/C12H12BrN3O/c1-16-6-4-9(8-16)7-15-12(17)10-3-2-5-14-11(10)13/h2-6,8H,7H2,1H3,(H,15,17). The number of carbonyl (C=O) groups is 1. The lowest BCUT2D eigenvalue weighted by atomic mass is 10.2. The molecule has 0 saturated carbocycles. The fourth-order valence-electron chi connectivity index (χ4n) is 1.50. The van der Waals surface area contributed by atoms with Gasteiger partial charge in [-0.2, -0.15) is 0 Å². The molecule has 2 heterocycles. The Bertz CT molecular complexity index is 536. The van der Waals surface area contributed by atoms with Gasteiger partial charge in [0.1, 0.15) is 4.60 Å². The fraction of sp³-hybridized carbons (Fsp3) is 0.167. The van der Waals surface area contributed by atoms with E-state index in [1.165, 1.54) is 0 Å². The number of hydrogen-bond donors (Lipinski definition) is 1. The molecule has 0 saturated heterocycles. The number of rotatable bonds is 3. The third-order valence-electron chi connectivity index (χ3n) is 2.35. The van der Waals surface area contributed by atoms with Gasteiger partial charge < -0.3 is 9.88 Å². The van der Waals surface area contributed by atoms with Gasteiger partial charge in [0.05, 0.1) is 5.56 Å². The summed E-state index contributed by atoms with van der Waals surface area (Å²) in [6.07, 6.45) is 5.55. The zero-order valence-electron chi connectivity index (χ0n) is 9.35. The fourth-order valence-corrected chi connectivity index (χ4v) is 1.93. The second-order valence-corrected chi connectivity index (χ2v) is 4.46. The number of nitrogens with zero attached hydrogens (tertiary/aromatic N) is 2. The summed E-state index contributed by atoms with van der Waals surface area (Å²) < 4.78 is 2.51. The van der Waals surface area contributed by atoms with Gasteiger partial charge in [-0.05, 0) is 39.7 Å². The van der Waals surface area contributed by atoms with Crippen molar-refractivity contribution in [1.29, 1.82) is 0 Å². The molecule has 1 N–H and O–H groups in total. The summed E-state index contributed by atoms with van der Waals surface area (Å²) in [5.74, 6) is -0.131. The molecular weight excluding hydrogens is 282 g/mol. The topological polar surface area (TPSA) is 46.9 Å². The molecule has 0 radical (unpaired) electrons. The number of amides is 1. The molecule has 0 aliphatic heterocycles. The van der Waals surface area contributed by atoms with E-state index in [9.17, 15) is 4.79 Å². The average molecular weight is 294 g/mol.